The normalized spacial score (nSPS) is 10.3. The molecule has 1 heterocycles. The van der Waals surface area contributed by atoms with Crippen molar-refractivity contribution < 1.29 is 4.74 Å². The second-order valence-corrected chi connectivity index (χ2v) is 5.96. The molecule has 0 bridgehead atoms. The summed E-state index contributed by atoms with van der Waals surface area (Å²) >= 11 is 6.94. The molecular formula is C14H15Br2N3O. The van der Waals surface area contributed by atoms with Crippen LogP contribution in [0.25, 0.3) is 0 Å². The Labute approximate surface area is 135 Å². The average Bonchev–Trinajstić information content (AvgIpc) is 2.43. The number of nitrogen functional groups attached to an aromatic ring is 1. The molecule has 4 nitrogen and oxygen atoms in total. The molecule has 0 atom stereocenters. The molecule has 0 amide bonds. The van der Waals surface area contributed by atoms with Crippen LogP contribution in [0.2, 0.25) is 0 Å². The first-order chi connectivity index (χ1) is 9.60. The topological polar surface area (TPSA) is 60.2 Å². The van der Waals surface area contributed by atoms with Gasteiger partial charge in [0.1, 0.15) is 5.82 Å². The Balaban J connectivity index is 2.22. The fourth-order valence-electron chi connectivity index (χ4n) is 1.57. The average molecular weight is 401 g/mol. The molecule has 0 aliphatic rings. The van der Waals surface area contributed by atoms with E-state index in [9.17, 15) is 0 Å². The van der Waals surface area contributed by atoms with E-state index in [0.29, 0.717) is 24.0 Å². The third-order valence-corrected chi connectivity index (χ3v) is 3.71. The monoisotopic (exact) mass is 399 g/mol. The number of benzene rings is 1. The van der Waals surface area contributed by atoms with Gasteiger partial charge in [-0.2, -0.15) is 4.98 Å². The summed E-state index contributed by atoms with van der Waals surface area (Å²) in [4.78, 5) is 4.38. The Hall–Kier alpha value is -1.27. The molecule has 2 rings (SSSR count). The highest BCUT2D eigenvalue weighted by Gasteiger charge is 2.06. The van der Waals surface area contributed by atoms with Crippen LogP contribution in [0.1, 0.15) is 13.3 Å². The van der Waals surface area contributed by atoms with Gasteiger partial charge >= 0.3 is 0 Å². The summed E-state index contributed by atoms with van der Waals surface area (Å²) in [7, 11) is 0. The van der Waals surface area contributed by atoms with E-state index in [1.54, 1.807) is 6.07 Å². The Morgan fingerprint density at radius 2 is 2.05 bits per heavy atom. The second-order valence-electron chi connectivity index (χ2n) is 4.19. The lowest BCUT2D eigenvalue weighted by atomic mass is 10.3. The van der Waals surface area contributed by atoms with Gasteiger partial charge in [-0.15, -0.1) is 0 Å². The number of halogens is 2. The highest BCUT2D eigenvalue weighted by atomic mass is 79.9. The van der Waals surface area contributed by atoms with Crippen molar-refractivity contribution >= 4 is 49.1 Å². The summed E-state index contributed by atoms with van der Waals surface area (Å²) in [6.07, 6.45) is 0.913. The minimum Gasteiger partial charge on any atom is -0.476 e. The van der Waals surface area contributed by atoms with Crippen LogP contribution < -0.4 is 15.8 Å². The van der Waals surface area contributed by atoms with Gasteiger partial charge in [0.25, 0.3) is 0 Å². The van der Waals surface area contributed by atoms with E-state index >= 15 is 0 Å². The van der Waals surface area contributed by atoms with Crippen molar-refractivity contribution in [1.82, 2.24) is 4.98 Å². The van der Waals surface area contributed by atoms with Gasteiger partial charge in [0.15, 0.2) is 0 Å². The van der Waals surface area contributed by atoms with Crippen molar-refractivity contribution in [3.8, 4) is 5.88 Å². The van der Waals surface area contributed by atoms with Gasteiger partial charge in [0.05, 0.1) is 18.0 Å². The van der Waals surface area contributed by atoms with Gasteiger partial charge in [0, 0.05) is 8.95 Å². The van der Waals surface area contributed by atoms with E-state index in [0.717, 1.165) is 21.1 Å². The van der Waals surface area contributed by atoms with E-state index in [4.69, 9.17) is 10.5 Å². The van der Waals surface area contributed by atoms with Crippen molar-refractivity contribution in [3.05, 3.63) is 39.3 Å². The summed E-state index contributed by atoms with van der Waals surface area (Å²) < 4.78 is 7.46. The molecule has 0 saturated heterocycles. The molecule has 0 aliphatic heterocycles. The summed E-state index contributed by atoms with van der Waals surface area (Å²) in [6.45, 7) is 2.64. The lowest BCUT2D eigenvalue weighted by Gasteiger charge is -2.11. The molecule has 20 heavy (non-hydrogen) atoms. The number of pyridine rings is 1. The molecule has 2 aromatic rings. The van der Waals surface area contributed by atoms with Gasteiger partial charge in [-0.25, -0.2) is 0 Å². The Morgan fingerprint density at radius 1 is 1.25 bits per heavy atom. The second kappa shape index (κ2) is 6.95. The molecule has 0 aliphatic carbocycles. The predicted octanol–water partition coefficient (Wildman–Crippen LogP) is 4.72. The van der Waals surface area contributed by atoms with Gasteiger partial charge in [-0.05, 0) is 52.7 Å². The minimum atomic E-state index is 0.461. The number of hydrogen-bond acceptors (Lipinski definition) is 4. The number of nitrogens with two attached hydrogens (primary N) is 1. The fraction of sp³-hybridized carbons (Fsp3) is 0.214. The Bertz CT molecular complexity index is 605. The van der Waals surface area contributed by atoms with Crippen molar-refractivity contribution in [2.24, 2.45) is 0 Å². The maximum absolute atomic E-state index is 5.85. The number of anilines is 3. The molecule has 0 spiro atoms. The number of hydrogen-bond donors (Lipinski definition) is 2. The molecule has 3 N–H and O–H groups in total. The first-order valence-corrected chi connectivity index (χ1v) is 7.80. The lowest BCUT2D eigenvalue weighted by Crippen LogP contribution is -2.03. The number of rotatable bonds is 5. The van der Waals surface area contributed by atoms with Crippen LogP contribution >= 0.6 is 31.9 Å². The van der Waals surface area contributed by atoms with E-state index in [2.05, 4.69) is 42.2 Å². The van der Waals surface area contributed by atoms with Crippen molar-refractivity contribution in [3.63, 3.8) is 0 Å². The predicted molar refractivity (Wildman–Crippen MR) is 89.6 cm³/mol. The van der Waals surface area contributed by atoms with Crippen molar-refractivity contribution in [1.29, 1.82) is 0 Å². The number of ether oxygens (including phenoxy) is 1. The maximum atomic E-state index is 5.85. The van der Waals surface area contributed by atoms with Crippen molar-refractivity contribution in [2.45, 2.75) is 13.3 Å². The van der Waals surface area contributed by atoms with E-state index in [1.807, 2.05) is 31.2 Å². The first-order valence-electron chi connectivity index (χ1n) is 6.21. The summed E-state index contributed by atoms with van der Waals surface area (Å²) in [5.74, 6) is 1.15. The molecule has 0 radical (unpaired) electrons. The summed E-state index contributed by atoms with van der Waals surface area (Å²) in [6, 6.07) is 9.49. The zero-order valence-corrected chi connectivity index (χ0v) is 14.2. The third-order valence-electron chi connectivity index (χ3n) is 2.52. The van der Waals surface area contributed by atoms with Gasteiger partial charge in [-0.1, -0.05) is 22.9 Å². The van der Waals surface area contributed by atoms with Crippen LogP contribution in [0, 0.1) is 0 Å². The zero-order chi connectivity index (χ0) is 14.5. The summed E-state index contributed by atoms with van der Waals surface area (Å²) in [5, 5.41) is 3.23. The highest BCUT2D eigenvalue weighted by molar-refractivity contribution is 9.11. The van der Waals surface area contributed by atoms with Crippen LogP contribution in [0.3, 0.4) is 0 Å². The molecule has 6 heteroatoms. The molecule has 1 aromatic carbocycles. The number of nitrogens with zero attached hydrogens (tertiary/aromatic N) is 1. The van der Waals surface area contributed by atoms with Crippen LogP contribution in [0.15, 0.2) is 39.3 Å². The minimum absolute atomic E-state index is 0.461. The van der Waals surface area contributed by atoms with Crippen molar-refractivity contribution in [2.75, 3.05) is 17.7 Å². The number of nitrogens with one attached hydrogen (secondary N) is 1. The first kappa shape index (κ1) is 15.1. The van der Waals surface area contributed by atoms with Gasteiger partial charge in [-0.3, -0.25) is 0 Å². The third kappa shape index (κ3) is 3.86. The van der Waals surface area contributed by atoms with Gasteiger partial charge in [0.2, 0.25) is 5.88 Å². The smallest absolute Gasteiger partial charge is 0.239 e. The van der Waals surface area contributed by atoms with Crippen LogP contribution in [-0.2, 0) is 0 Å². The quantitative estimate of drug-likeness (QED) is 0.762. The fourth-order valence-corrected chi connectivity index (χ4v) is 2.27. The molecule has 0 unspecified atom stereocenters. The standard InChI is InChI=1S/C14H15Br2N3O/c1-2-7-20-14-11(17)5-6-13(19-14)18-12-8-9(15)3-4-10(12)16/h3-6,8H,2,7,17H2,1H3,(H,18,19). The number of aromatic nitrogens is 1. The SMILES string of the molecule is CCCOc1nc(Nc2cc(Br)ccc2Br)ccc1N. The van der Waals surface area contributed by atoms with E-state index in [-0.39, 0.29) is 0 Å². The van der Waals surface area contributed by atoms with Gasteiger partial charge < -0.3 is 15.8 Å². The van der Waals surface area contributed by atoms with Crippen LogP contribution in [0.4, 0.5) is 17.2 Å². The summed E-state index contributed by atoms with van der Waals surface area (Å²) in [5.41, 5.74) is 7.30. The van der Waals surface area contributed by atoms with E-state index in [1.165, 1.54) is 0 Å². The van der Waals surface area contributed by atoms with Crippen LogP contribution in [0.5, 0.6) is 5.88 Å². The Kier molecular flexibility index (Phi) is 5.25. The van der Waals surface area contributed by atoms with Crippen LogP contribution in [-0.4, -0.2) is 11.6 Å². The highest BCUT2D eigenvalue weighted by Crippen LogP contribution is 2.30. The molecule has 1 aromatic heterocycles. The molecular weight excluding hydrogens is 386 g/mol. The van der Waals surface area contributed by atoms with E-state index < -0.39 is 0 Å². The zero-order valence-electron chi connectivity index (χ0n) is 11.0. The molecule has 0 fully saturated rings. The Morgan fingerprint density at radius 3 is 2.80 bits per heavy atom. The maximum Gasteiger partial charge on any atom is 0.239 e. The largest absolute Gasteiger partial charge is 0.476 e. The lowest BCUT2D eigenvalue weighted by molar-refractivity contribution is 0.307. The molecule has 0 saturated carbocycles. The molecule has 106 valence electrons.